The summed E-state index contributed by atoms with van der Waals surface area (Å²) in [6.45, 7) is 16.5. The van der Waals surface area contributed by atoms with Gasteiger partial charge >= 0.3 is 0 Å². The summed E-state index contributed by atoms with van der Waals surface area (Å²) >= 11 is 7.57. The summed E-state index contributed by atoms with van der Waals surface area (Å²) in [7, 11) is 0. The van der Waals surface area contributed by atoms with E-state index in [-0.39, 0.29) is 10.8 Å². The third-order valence-corrected chi connectivity index (χ3v) is 17.8. The SMILES string of the molecule is CCCCCCCCCCCCCCCCN1/C(=C\C=C2/CCCC(/C=C/C3=[N+](CCCCCCCCCCCCCCCC)c4ccc5ccccc5c4C3(C)C)=C2Cl)C(C)(C)c2c1ccc1ccccc21. The van der Waals surface area contributed by atoms with Crippen LogP contribution >= 0.6 is 11.6 Å². The molecule has 0 saturated heterocycles. The van der Waals surface area contributed by atoms with Crippen molar-refractivity contribution in [1.82, 2.24) is 0 Å². The highest BCUT2D eigenvalue weighted by Gasteiger charge is 2.45. The molecule has 0 unspecified atom stereocenters. The zero-order valence-electron chi connectivity index (χ0n) is 47.3. The number of unbranched alkanes of at least 4 members (excludes halogenated alkanes) is 26. The summed E-state index contributed by atoms with van der Waals surface area (Å²) in [4.78, 5) is 2.67. The molecule has 4 aromatic rings. The lowest BCUT2D eigenvalue weighted by molar-refractivity contribution is -0.438. The maximum absolute atomic E-state index is 7.57. The molecule has 2 heterocycles. The molecular weight excluding hydrogens is 904 g/mol. The molecule has 0 amide bonds. The fraction of sp³-hybridized carbons (Fsp3) is 0.586. The molecule has 0 fully saturated rings. The normalized spacial score (nSPS) is 17.4. The highest BCUT2D eigenvalue weighted by molar-refractivity contribution is 6.32. The van der Waals surface area contributed by atoms with E-state index in [1.807, 2.05) is 0 Å². The lowest BCUT2D eigenvalue weighted by Gasteiger charge is -2.27. The average molecular weight is 1010 g/mol. The smallest absolute Gasteiger partial charge is 0.210 e. The first-order chi connectivity index (χ1) is 35.7. The first-order valence-corrected chi connectivity index (χ1v) is 31.0. The molecule has 7 rings (SSSR count). The van der Waals surface area contributed by atoms with Crippen LogP contribution in [-0.2, 0) is 10.8 Å². The lowest BCUT2D eigenvalue weighted by Crippen LogP contribution is -2.28. The molecule has 2 nitrogen and oxygen atoms in total. The number of hydrogen-bond donors (Lipinski definition) is 0. The molecule has 4 aromatic carbocycles. The van der Waals surface area contributed by atoms with Crippen LogP contribution in [-0.4, -0.2) is 23.4 Å². The van der Waals surface area contributed by atoms with Crippen molar-refractivity contribution in [3.05, 3.63) is 130 Å². The van der Waals surface area contributed by atoms with Crippen molar-refractivity contribution in [2.75, 3.05) is 18.0 Å². The molecule has 3 heteroatoms. The van der Waals surface area contributed by atoms with Crippen LogP contribution in [0, 0.1) is 0 Å². The molecule has 0 radical (unpaired) electrons. The lowest BCUT2D eigenvalue weighted by atomic mass is 9.78. The maximum atomic E-state index is 7.57. The Morgan fingerprint density at radius 1 is 0.493 bits per heavy atom. The van der Waals surface area contributed by atoms with Crippen molar-refractivity contribution in [3.63, 3.8) is 0 Å². The van der Waals surface area contributed by atoms with E-state index in [4.69, 9.17) is 11.6 Å². The van der Waals surface area contributed by atoms with E-state index in [1.54, 1.807) is 0 Å². The third kappa shape index (κ3) is 15.2. The Morgan fingerprint density at radius 2 is 0.973 bits per heavy atom. The number of benzene rings is 4. The third-order valence-electron chi connectivity index (χ3n) is 17.3. The fourth-order valence-electron chi connectivity index (χ4n) is 13.0. The van der Waals surface area contributed by atoms with Crippen molar-refractivity contribution in [3.8, 4) is 0 Å². The highest BCUT2D eigenvalue weighted by Crippen LogP contribution is 2.51. The van der Waals surface area contributed by atoms with Crippen LogP contribution in [0.25, 0.3) is 21.5 Å². The number of anilines is 1. The molecule has 0 saturated carbocycles. The number of nitrogens with zero attached hydrogens (tertiary/aromatic N) is 2. The summed E-state index contributed by atoms with van der Waals surface area (Å²) < 4.78 is 2.67. The highest BCUT2D eigenvalue weighted by atomic mass is 35.5. The molecular formula is C70H100ClN2+. The molecule has 0 atom stereocenters. The minimum absolute atomic E-state index is 0.128. The van der Waals surface area contributed by atoms with Crippen LogP contribution in [0.5, 0.6) is 0 Å². The number of rotatable bonds is 33. The van der Waals surface area contributed by atoms with Crippen molar-refractivity contribution < 1.29 is 4.58 Å². The Bertz CT molecular complexity index is 2510. The quantitative estimate of drug-likeness (QED) is 0.0340. The topological polar surface area (TPSA) is 6.25 Å². The van der Waals surface area contributed by atoms with E-state index < -0.39 is 0 Å². The minimum Gasteiger partial charge on any atom is -0.344 e. The van der Waals surface area contributed by atoms with Gasteiger partial charge < -0.3 is 4.90 Å². The Morgan fingerprint density at radius 3 is 1.52 bits per heavy atom. The number of allylic oxidation sites excluding steroid dienone is 8. The van der Waals surface area contributed by atoms with Crippen molar-refractivity contribution in [1.29, 1.82) is 0 Å². The largest absolute Gasteiger partial charge is 0.344 e. The van der Waals surface area contributed by atoms with Gasteiger partial charge in [0.2, 0.25) is 5.69 Å². The van der Waals surface area contributed by atoms with Gasteiger partial charge in [0, 0.05) is 52.5 Å². The van der Waals surface area contributed by atoms with Crippen LogP contribution < -0.4 is 4.90 Å². The fourth-order valence-corrected chi connectivity index (χ4v) is 13.4. The van der Waals surface area contributed by atoms with E-state index in [9.17, 15) is 0 Å². The van der Waals surface area contributed by atoms with Crippen molar-refractivity contribution in [2.24, 2.45) is 0 Å². The van der Waals surface area contributed by atoms with Crippen LogP contribution in [0.2, 0.25) is 0 Å². The zero-order valence-corrected chi connectivity index (χ0v) is 48.1. The van der Waals surface area contributed by atoms with Crippen molar-refractivity contribution >= 4 is 50.2 Å². The summed E-state index contributed by atoms with van der Waals surface area (Å²) in [6, 6.07) is 27.5. The van der Waals surface area contributed by atoms with Gasteiger partial charge in [-0.1, -0.05) is 267 Å². The summed E-state index contributed by atoms with van der Waals surface area (Å²) in [5.41, 5.74) is 10.8. The monoisotopic (exact) mass is 1000 g/mol. The van der Waals surface area contributed by atoms with E-state index in [0.29, 0.717) is 0 Å². The Labute approximate surface area is 451 Å². The molecule has 0 spiro atoms. The van der Waals surface area contributed by atoms with Gasteiger partial charge in [0.1, 0.15) is 6.54 Å². The van der Waals surface area contributed by atoms with Gasteiger partial charge in [0.15, 0.2) is 5.71 Å². The standard InChI is InChI=1S/C70H100ClN2/c1-7-9-11-13-15-17-19-21-23-25-27-29-31-37-54-72-62-50-46-56-40-33-35-44-60(56)66(62)69(3,4)64(72)52-48-58-42-39-43-59(68(58)71)49-53-65-70(5,6)67-61-45-36-34-41-57(61)47-51-63(67)73(65)55-38-32-30-28-26-24-22-20-18-16-14-12-10-8-2/h33-36,40-41,44-53H,7-32,37-39,42-43,54-55H2,1-6H3/q+1. The molecule has 1 aliphatic carbocycles. The van der Waals surface area contributed by atoms with Crippen LogP contribution in [0.4, 0.5) is 11.4 Å². The molecule has 2 aliphatic heterocycles. The second-order valence-corrected chi connectivity index (χ2v) is 24.1. The Hall–Kier alpha value is -3.88. The summed E-state index contributed by atoms with van der Waals surface area (Å²) in [5.74, 6) is 0. The molecule has 73 heavy (non-hydrogen) atoms. The molecule has 0 aromatic heterocycles. The van der Waals surface area contributed by atoms with Gasteiger partial charge in [-0.3, -0.25) is 0 Å². The van der Waals surface area contributed by atoms with Crippen molar-refractivity contribution in [2.45, 2.75) is 251 Å². The predicted octanol–water partition coefficient (Wildman–Crippen LogP) is 22.2. The van der Waals surface area contributed by atoms with Crippen LogP contribution in [0.15, 0.2) is 119 Å². The summed E-state index contributed by atoms with van der Waals surface area (Å²) in [5, 5.41) is 6.39. The van der Waals surface area contributed by atoms with Crippen LogP contribution in [0.1, 0.15) is 252 Å². The second kappa shape index (κ2) is 29.4. The van der Waals surface area contributed by atoms with E-state index in [1.165, 1.54) is 246 Å². The number of hydrogen-bond acceptors (Lipinski definition) is 1. The minimum atomic E-state index is -0.128. The molecule has 0 N–H and O–H groups in total. The van der Waals surface area contributed by atoms with Gasteiger partial charge in [0.05, 0.1) is 5.41 Å². The van der Waals surface area contributed by atoms with Gasteiger partial charge in [0.25, 0.3) is 0 Å². The number of fused-ring (bicyclic) bond motifs is 6. The molecule has 0 bridgehead atoms. The van der Waals surface area contributed by atoms with E-state index in [2.05, 4.69) is 148 Å². The first kappa shape index (κ1) is 56.8. The van der Waals surface area contributed by atoms with Gasteiger partial charge in [-0.2, -0.15) is 4.58 Å². The van der Waals surface area contributed by atoms with E-state index >= 15 is 0 Å². The molecule has 3 aliphatic rings. The Kier molecular flexibility index (Phi) is 22.9. The van der Waals surface area contributed by atoms with Gasteiger partial charge in [-0.25, -0.2) is 0 Å². The van der Waals surface area contributed by atoms with E-state index in [0.717, 1.165) is 37.4 Å². The maximum Gasteiger partial charge on any atom is 0.210 e. The Balaban J connectivity index is 1.02. The van der Waals surface area contributed by atoms with Crippen LogP contribution in [0.3, 0.4) is 0 Å². The first-order valence-electron chi connectivity index (χ1n) is 30.6. The van der Waals surface area contributed by atoms with Gasteiger partial charge in [-0.05, 0) is 102 Å². The second-order valence-electron chi connectivity index (χ2n) is 23.8. The van der Waals surface area contributed by atoms with Gasteiger partial charge in [-0.15, -0.1) is 0 Å². The number of halogens is 1. The average Bonchev–Trinajstić information content (AvgIpc) is 3.75. The summed E-state index contributed by atoms with van der Waals surface area (Å²) in [6.07, 6.45) is 51.6. The zero-order chi connectivity index (χ0) is 51.3. The predicted molar refractivity (Wildman–Crippen MR) is 324 cm³/mol. The molecule has 396 valence electrons.